The van der Waals surface area contributed by atoms with Gasteiger partial charge in [0.25, 0.3) is 0 Å². The zero-order valence-corrected chi connectivity index (χ0v) is 11.0. The van der Waals surface area contributed by atoms with Crippen molar-refractivity contribution in [2.75, 3.05) is 12.9 Å². The molecular formula is C9H14N4O4S. The average Bonchev–Trinajstić information content (AvgIpc) is 2.64. The molecule has 0 spiro atoms. The summed E-state index contributed by atoms with van der Waals surface area (Å²) >= 11 is 1.17. The van der Waals surface area contributed by atoms with Crippen LogP contribution in [0, 0.1) is 0 Å². The standard InChI is InChI=1S/C9H14N4O4S/c1-5(14)10-6(7(15)17-3)4-18-9-12-11-8(16)13(9)2/h6H,4H2,1-3H3,(H,10,14)(H,11,16). The van der Waals surface area contributed by atoms with Crippen molar-refractivity contribution in [2.45, 2.75) is 18.1 Å². The molecule has 0 bridgehead atoms. The Morgan fingerprint density at radius 3 is 2.72 bits per heavy atom. The molecule has 1 aromatic rings. The number of nitrogens with one attached hydrogen (secondary N) is 2. The third-order valence-electron chi connectivity index (χ3n) is 2.08. The van der Waals surface area contributed by atoms with Gasteiger partial charge in [0, 0.05) is 19.7 Å². The lowest BCUT2D eigenvalue weighted by Crippen LogP contribution is -2.42. The number of hydrogen-bond donors (Lipinski definition) is 2. The topological polar surface area (TPSA) is 106 Å². The lowest BCUT2D eigenvalue weighted by molar-refractivity contribution is -0.144. The molecule has 0 aliphatic heterocycles. The van der Waals surface area contributed by atoms with Crippen molar-refractivity contribution in [2.24, 2.45) is 7.05 Å². The van der Waals surface area contributed by atoms with Gasteiger partial charge < -0.3 is 10.1 Å². The number of thioether (sulfide) groups is 1. The Hall–Kier alpha value is -1.77. The van der Waals surface area contributed by atoms with Crippen LogP contribution in [0.2, 0.25) is 0 Å². The monoisotopic (exact) mass is 274 g/mol. The van der Waals surface area contributed by atoms with Crippen molar-refractivity contribution < 1.29 is 14.3 Å². The minimum absolute atomic E-state index is 0.227. The quantitative estimate of drug-likeness (QED) is 0.520. The van der Waals surface area contributed by atoms with Crippen LogP contribution in [-0.2, 0) is 21.4 Å². The molecule has 1 aromatic heterocycles. The fourth-order valence-electron chi connectivity index (χ4n) is 1.18. The van der Waals surface area contributed by atoms with Crippen molar-refractivity contribution in [3.63, 3.8) is 0 Å². The Balaban J connectivity index is 2.67. The maximum Gasteiger partial charge on any atom is 0.343 e. The fourth-order valence-corrected chi connectivity index (χ4v) is 2.10. The summed E-state index contributed by atoms with van der Waals surface area (Å²) in [4.78, 5) is 33.5. The third kappa shape index (κ3) is 3.62. The summed E-state index contributed by atoms with van der Waals surface area (Å²) in [7, 11) is 2.80. The maximum absolute atomic E-state index is 11.4. The molecule has 1 amide bonds. The van der Waals surface area contributed by atoms with Crippen molar-refractivity contribution in [3.05, 3.63) is 10.5 Å². The number of nitrogens with zero attached hydrogens (tertiary/aromatic N) is 2. The van der Waals surface area contributed by atoms with Gasteiger partial charge in [-0.25, -0.2) is 14.7 Å². The van der Waals surface area contributed by atoms with Crippen LogP contribution < -0.4 is 11.0 Å². The van der Waals surface area contributed by atoms with Gasteiger partial charge in [0.2, 0.25) is 5.91 Å². The Morgan fingerprint density at radius 1 is 1.61 bits per heavy atom. The highest BCUT2D eigenvalue weighted by molar-refractivity contribution is 7.99. The van der Waals surface area contributed by atoms with Gasteiger partial charge in [0.15, 0.2) is 5.16 Å². The van der Waals surface area contributed by atoms with Crippen molar-refractivity contribution in [1.29, 1.82) is 0 Å². The summed E-state index contributed by atoms with van der Waals surface area (Å²) in [6, 6.07) is -0.774. The van der Waals surface area contributed by atoms with Crippen molar-refractivity contribution in [3.8, 4) is 0 Å². The number of carbonyl (C=O) groups excluding carboxylic acids is 2. The summed E-state index contributed by atoms with van der Waals surface area (Å²) in [5.74, 6) is -0.648. The maximum atomic E-state index is 11.4. The number of rotatable bonds is 5. The van der Waals surface area contributed by atoms with Gasteiger partial charge in [0.1, 0.15) is 6.04 Å². The van der Waals surface area contributed by atoms with Crippen molar-refractivity contribution >= 4 is 23.6 Å². The number of H-pyrrole nitrogens is 1. The van der Waals surface area contributed by atoms with Crippen LogP contribution in [0.1, 0.15) is 6.92 Å². The highest BCUT2D eigenvalue weighted by Gasteiger charge is 2.21. The van der Waals surface area contributed by atoms with E-state index in [0.717, 1.165) is 0 Å². The molecule has 0 saturated heterocycles. The average molecular weight is 274 g/mol. The van der Waals surface area contributed by atoms with Crippen LogP contribution in [-0.4, -0.2) is 45.5 Å². The number of aromatic amines is 1. The van der Waals surface area contributed by atoms with Crippen LogP contribution in [0.25, 0.3) is 0 Å². The highest BCUT2D eigenvalue weighted by atomic mass is 32.2. The van der Waals surface area contributed by atoms with Gasteiger partial charge >= 0.3 is 11.7 Å². The highest BCUT2D eigenvalue weighted by Crippen LogP contribution is 2.13. The molecule has 1 rings (SSSR count). The first kappa shape index (κ1) is 14.3. The molecule has 8 nitrogen and oxygen atoms in total. The Labute approximate surface area is 107 Å². The number of carbonyl (C=O) groups is 2. The van der Waals surface area contributed by atoms with Gasteiger partial charge in [-0.1, -0.05) is 11.8 Å². The fraction of sp³-hybridized carbons (Fsp3) is 0.556. The summed E-state index contributed by atoms with van der Waals surface area (Å²) in [6.07, 6.45) is 0. The molecule has 0 aromatic carbocycles. The molecule has 1 unspecified atom stereocenters. The number of ether oxygens (including phenoxy) is 1. The summed E-state index contributed by atoms with van der Waals surface area (Å²) < 4.78 is 5.89. The first-order chi connectivity index (χ1) is 8.45. The molecule has 0 fully saturated rings. The second-order valence-electron chi connectivity index (χ2n) is 3.46. The largest absolute Gasteiger partial charge is 0.467 e. The van der Waals surface area contributed by atoms with E-state index in [1.165, 1.54) is 30.4 Å². The molecular weight excluding hydrogens is 260 g/mol. The van der Waals surface area contributed by atoms with Crippen LogP contribution in [0.4, 0.5) is 0 Å². The summed E-state index contributed by atoms with van der Waals surface area (Å²) in [5.41, 5.74) is -0.341. The number of esters is 1. The molecule has 18 heavy (non-hydrogen) atoms. The van der Waals surface area contributed by atoms with Gasteiger partial charge in [0.05, 0.1) is 7.11 Å². The van der Waals surface area contributed by atoms with E-state index >= 15 is 0 Å². The number of methoxy groups -OCH3 is 1. The van der Waals surface area contributed by atoms with Gasteiger partial charge in [-0.2, -0.15) is 0 Å². The van der Waals surface area contributed by atoms with Crippen molar-refractivity contribution in [1.82, 2.24) is 20.1 Å². The van der Waals surface area contributed by atoms with E-state index in [2.05, 4.69) is 20.3 Å². The van der Waals surface area contributed by atoms with Gasteiger partial charge in [-0.05, 0) is 0 Å². The smallest absolute Gasteiger partial charge is 0.343 e. The predicted octanol–water partition coefficient (Wildman–Crippen LogP) is -1.12. The molecule has 100 valence electrons. The lowest BCUT2D eigenvalue weighted by Gasteiger charge is -2.14. The van der Waals surface area contributed by atoms with E-state index in [9.17, 15) is 14.4 Å². The van der Waals surface area contributed by atoms with Crippen LogP contribution in [0.5, 0.6) is 0 Å². The third-order valence-corrected chi connectivity index (χ3v) is 3.20. The number of aromatic nitrogens is 3. The van der Waals surface area contributed by atoms with Crippen LogP contribution in [0.15, 0.2) is 9.95 Å². The Kier molecular flexibility index (Phi) is 4.95. The van der Waals surface area contributed by atoms with E-state index in [-0.39, 0.29) is 17.3 Å². The first-order valence-electron chi connectivity index (χ1n) is 5.04. The molecule has 1 heterocycles. The molecule has 0 aliphatic rings. The summed E-state index contributed by atoms with van der Waals surface area (Å²) in [5, 5.41) is 8.95. The van der Waals surface area contributed by atoms with E-state index in [1.807, 2.05) is 0 Å². The number of amides is 1. The van der Waals surface area contributed by atoms with Crippen LogP contribution in [0.3, 0.4) is 0 Å². The Morgan fingerprint density at radius 2 is 2.28 bits per heavy atom. The number of hydrogen-bond acceptors (Lipinski definition) is 6. The molecule has 0 saturated carbocycles. The normalized spacial score (nSPS) is 11.9. The molecule has 0 radical (unpaired) electrons. The predicted molar refractivity (Wildman–Crippen MR) is 64.2 cm³/mol. The van der Waals surface area contributed by atoms with E-state index < -0.39 is 12.0 Å². The SMILES string of the molecule is COC(=O)C(CSc1n[nH]c(=O)n1C)NC(C)=O. The van der Waals surface area contributed by atoms with E-state index in [0.29, 0.717) is 5.16 Å². The van der Waals surface area contributed by atoms with Crippen LogP contribution >= 0.6 is 11.8 Å². The van der Waals surface area contributed by atoms with Gasteiger partial charge in [-0.3, -0.25) is 9.36 Å². The second-order valence-corrected chi connectivity index (χ2v) is 4.44. The summed E-state index contributed by atoms with van der Waals surface area (Å²) in [6.45, 7) is 1.31. The van der Waals surface area contributed by atoms with Gasteiger partial charge in [-0.15, -0.1) is 5.10 Å². The second kappa shape index (κ2) is 6.24. The zero-order chi connectivity index (χ0) is 13.7. The molecule has 0 aliphatic carbocycles. The zero-order valence-electron chi connectivity index (χ0n) is 10.2. The van der Waals surface area contributed by atoms with E-state index in [1.54, 1.807) is 7.05 Å². The minimum Gasteiger partial charge on any atom is -0.467 e. The van der Waals surface area contributed by atoms with E-state index in [4.69, 9.17) is 0 Å². The molecule has 1 atom stereocenters. The minimum atomic E-state index is -0.774. The molecule has 9 heteroatoms. The molecule has 2 N–H and O–H groups in total. The Bertz CT molecular complexity index is 495. The lowest BCUT2D eigenvalue weighted by atomic mass is 10.3. The first-order valence-corrected chi connectivity index (χ1v) is 6.03.